The molecule has 0 saturated carbocycles. The van der Waals surface area contributed by atoms with Crippen LogP contribution in [0.4, 0.5) is 13.2 Å². The van der Waals surface area contributed by atoms with E-state index in [-0.39, 0.29) is 29.3 Å². The first-order valence-corrected chi connectivity index (χ1v) is 16.6. The fourth-order valence-electron chi connectivity index (χ4n) is 6.85. The number of halogens is 3. The minimum atomic E-state index is -3.08. The Bertz CT molecular complexity index is 2000. The van der Waals surface area contributed by atoms with Gasteiger partial charge in [-0.1, -0.05) is 30.3 Å². The van der Waals surface area contributed by atoms with E-state index in [2.05, 4.69) is 15.2 Å². The van der Waals surface area contributed by atoms with Crippen molar-refractivity contribution >= 4 is 17.1 Å². The fraction of sp³-hybridized carbons (Fsp3) is 0.342. The standard InChI is InChI=1S/C38H37F3N4O4/c1-22-26(24-16-30(39)33(43-19-24)20-45-14-3-4-15-45)8-5-9-27(22)28-10-6-11-29(23(28)2)36-44-32-17-25(21-47-37(46)31-12-7-13-42-31)34(49-38(40)41)18-35(32)48-36/h5-6,8-11,16-19,31,38,42H,3-4,7,12-15,20-21H2,1-2H3/t31-/m0/s1. The number of likely N-dealkylation sites (tertiary alicyclic amines) is 1. The molecule has 4 heterocycles. The first-order chi connectivity index (χ1) is 23.7. The lowest BCUT2D eigenvalue weighted by Crippen LogP contribution is -2.32. The van der Waals surface area contributed by atoms with Crippen molar-refractivity contribution in [2.45, 2.75) is 65.3 Å². The normalized spacial score (nSPS) is 16.6. The van der Waals surface area contributed by atoms with Gasteiger partial charge in [-0.3, -0.25) is 14.7 Å². The van der Waals surface area contributed by atoms with Gasteiger partial charge in [-0.25, -0.2) is 9.37 Å². The summed E-state index contributed by atoms with van der Waals surface area (Å²) < 4.78 is 58.2. The molecule has 2 saturated heterocycles. The maximum Gasteiger partial charge on any atom is 0.387 e. The smallest absolute Gasteiger partial charge is 0.387 e. The van der Waals surface area contributed by atoms with Gasteiger partial charge in [0.1, 0.15) is 29.7 Å². The molecule has 7 rings (SSSR count). The quantitative estimate of drug-likeness (QED) is 0.150. The molecule has 3 aromatic carbocycles. The average molecular weight is 671 g/mol. The van der Waals surface area contributed by atoms with E-state index >= 15 is 4.39 Å². The molecule has 0 radical (unpaired) electrons. The molecule has 254 valence electrons. The lowest BCUT2D eigenvalue weighted by molar-refractivity contribution is -0.147. The number of fused-ring (bicyclic) bond motifs is 1. The number of hydrogen-bond acceptors (Lipinski definition) is 8. The number of pyridine rings is 1. The molecular weight excluding hydrogens is 633 g/mol. The van der Waals surface area contributed by atoms with Crippen LogP contribution in [0.15, 0.2) is 65.2 Å². The number of esters is 1. The van der Waals surface area contributed by atoms with Gasteiger partial charge >= 0.3 is 12.6 Å². The Morgan fingerprint density at radius 3 is 2.41 bits per heavy atom. The lowest BCUT2D eigenvalue weighted by atomic mass is 9.89. The highest BCUT2D eigenvalue weighted by molar-refractivity contribution is 5.85. The number of alkyl halides is 2. The van der Waals surface area contributed by atoms with Crippen LogP contribution in [0.1, 0.15) is 48.1 Å². The number of carbonyl (C=O) groups is 1. The van der Waals surface area contributed by atoms with Crippen molar-refractivity contribution in [3.05, 3.63) is 89.0 Å². The number of rotatable bonds is 10. The van der Waals surface area contributed by atoms with Gasteiger partial charge in [0.15, 0.2) is 5.58 Å². The summed E-state index contributed by atoms with van der Waals surface area (Å²) in [7, 11) is 0. The molecular formula is C38H37F3N4O4. The summed E-state index contributed by atoms with van der Waals surface area (Å²) in [5.41, 5.74) is 7.44. The van der Waals surface area contributed by atoms with Crippen LogP contribution >= 0.6 is 0 Å². The molecule has 0 amide bonds. The fourth-order valence-corrected chi connectivity index (χ4v) is 6.85. The Morgan fingerprint density at radius 2 is 1.71 bits per heavy atom. The first kappa shape index (κ1) is 32.8. The highest BCUT2D eigenvalue weighted by Crippen LogP contribution is 2.38. The van der Waals surface area contributed by atoms with Gasteiger partial charge in [0.05, 0.1) is 5.69 Å². The Kier molecular flexibility index (Phi) is 9.38. The minimum absolute atomic E-state index is 0.148. The zero-order valence-electron chi connectivity index (χ0n) is 27.4. The third-order valence-electron chi connectivity index (χ3n) is 9.49. The maximum atomic E-state index is 15.2. The number of carbonyl (C=O) groups excluding carboxylic acids is 1. The van der Waals surface area contributed by atoms with E-state index in [4.69, 9.17) is 18.9 Å². The number of benzene rings is 3. The van der Waals surface area contributed by atoms with Gasteiger partial charge in [0.2, 0.25) is 5.89 Å². The van der Waals surface area contributed by atoms with E-state index < -0.39 is 18.6 Å². The lowest BCUT2D eigenvalue weighted by Gasteiger charge is -2.17. The monoisotopic (exact) mass is 670 g/mol. The van der Waals surface area contributed by atoms with Crippen LogP contribution in [0, 0.1) is 19.7 Å². The van der Waals surface area contributed by atoms with Gasteiger partial charge < -0.3 is 19.2 Å². The number of nitrogens with zero attached hydrogens (tertiary/aromatic N) is 3. The van der Waals surface area contributed by atoms with Crippen molar-refractivity contribution in [2.24, 2.45) is 0 Å². The summed E-state index contributed by atoms with van der Waals surface area (Å²) in [6.07, 6.45) is 5.54. The summed E-state index contributed by atoms with van der Waals surface area (Å²) in [5, 5.41) is 3.07. The highest BCUT2D eigenvalue weighted by atomic mass is 19.3. The molecule has 1 atom stereocenters. The number of nitrogens with one attached hydrogen (secondary N) is 1. The van der Waals surface area contributed by atoms with Crippen molar-refractivity contribution in [2.75, 3.05) is 19.6 Å². The molecule has 11 heteroatoms. The molecule has 5 aromatic rings. The van der Waals surface area contributed by atoms with Gasteiger partial charge in [-0.05, 0) is 105 Å². The van der Waals surface area contributed by atoms with Crippen LogP contribution in [0.3, 0.4) is 0 Å². The number of oxazole rings is 1. The third kappa shape index (κ3) is 6.91. The molecule has 2 aliphatic rings. The van der Waals surface area contributed by atoms with Crippen LogP contribution < -0.4 is 10.1 Å². The van der Waals surface area contributed by atoms with Crippen molar-refractivity contribution in [1.82, 2.24) is 20.2 Å². The van der Waals surface area contributed by atoms with Crippen molar-refractivity contribution < 1.29 is 31.9 Å². The molecule has 2 fully saturated rings. The molecule has 0 bridgehead atoms. The predicted molar refractivity (Wildman–Crippen MR) is 180 cm³/mol. The van der Waals surface area contributed by atoms with E-state index in [1.807, 2.05) is 50.2 Å². The maximum absolute atomic E-state index is 15.2. The van der Waals surface area contributed by atoms with Crippen LogP contribution in [-0.2, 0) is 22.7 Å². The zero-order valence-corrected chi connectivity index (χ0v) is 27.4. The summed E-state index contributed by atoms with van der Waals surface area (Å²) >= 11 is 0. The average Bonchev–Trinajstić information content (AvgIpc) is 3.88. The molecule has 2 aliphatic heterocycles. The van der Waals surface area contributed by atoms with Gasteiger partial charge in [0.25, 0.3) is 0 Å². The predicted octanol–water partition coefficient (Wildman–Crippen LogP) is 7.97. The Morgan fingerprint density at radius 1 is 1.00 bits per heavy atom. The van der Waals surface area contributed by atoms with Gasteiger partial charge in [-0.2, -0.15) is 8.78 Å². The van der Waals surface area contributed by atoms with Gasteiger partial charge in [0, 0.05) is 35.5 Å². The number of ether oxygens (including phenoxy) is 2. The van der Waals surface area contributed by atoms with Crippen LogP contribution in [0.25, 0.3) is 44.8 Å². The zero-order chi connectivity index (χ0) is 34.1. The molecule has 49 heavy (non-hydrogen) atoms. The second-order valence-corrected chi connectivity index (χ2v) is 12.7. The number of aromatic nitrogens is 2. The second kappa shape index (κ2) is 14.0. The van der Waals surface area contributed by atoms with E-state index in [9.17, 15) is 13.6 Å². The summed E-state index contributed by atoms with van der Waals surface area (Å²) in [5.74, 6) is -0.595. The largest absolute Gasteiger partial charge is 0.460 e. The van der Waals surface area contributed by atoms with Crippen molar-refractivity contribution in [1.29, 1.82) is 0 Å². The Hall–Kier alpha value is -4.74. The topological polar surface area (TPSA) is 89.7 Å². The Balaban J connectivity index is 1.18. The van der Waals surface area contributed by atoms with E-state index in [0.29, 0.717) is 41.2 Å². The molecule has 0 spiro atoms. The van der Waals surface area contributed by atoms with Crippen molar-refractivity contribution in [3.8, 4) is 39.5 Å². The summed E-state index contributed by atoms with van der Waals surface area (Å²) in [4.78, 5) is 23.9. The summed E-state index contributed by atoms with van der Waals surface area (Å²) in [6.45, 7) is 3.82. The molecule has 0 unspecified atom stereocenters. The number of hydrogen-bond donors (Lipinski definition) is 1. The molecule has 8 nitrogen and oxygen atoms in total. The van der Waals surface area contributed by atoms with Crippen molar-refractivity contribution in [3.63, 3.8) is 0 Å². The highest BCUT2D eigenvalue weighted by Gasteiger charge is 2.25. The van der Waals surface area contributed by atoms with Crippen LogP contribution in [-0.4, -0.2) is 53.1 Å². The molecule has 2 aromatic heterocycles. The minimum Gasteiger partial charge on any atom is -0.460 e. The van der Waals surface area contributed by atoms with E-state index in [1.54, 1.807) is 18.3 Å². The Labute approximate surface area is 282 Å². The van der Waals surface area contributed by atoms with E-state index in [0.717, 1.165) is 66.7 Å². The summed E-state index contributed by atoms with van der Waals surface area (Å²) in [6, 6.07) is 15.8. The second-order valence-electron chi connectivity index (χ2n) is 12.7. The third-order valence-corrected chi connectivity index (χ3v) is 9.49. The van der Waals surface area contributed by atoms with Gasteiger partial charge in [-0.15, -0.1) is 0 Å². The molecule has 1 N–H and O–H groups in total. The molecule has 0 aliphatic carbocycles. The SMILES string of the molecule is Cc1c(-c2cnc(CN3CCCC3)c(F)c2)cccc1-c1cccc(-c2nc3cc(COC(=O)[C@@H]4CCCN4)c(OC(F)F)cc3o2)c1C. The first-order valence-electron chi connectivity index (χ1n) is 16.6. The van der Waals surface area contributed by atoms with Crippen LogP contribution in [0.5, 0.6) is 5.75 Å². The van der Waals surface area contributed by atoms with Crippen LogP contribution in [0.2, 0.25) is 0 Å². The van der Waals surface area contributed by atoms with E-state index in [1.165, 1.54) is 6.07 Å².